The van der Waals surface area contributed by atoms with Gasteiger partial charge < -0.3 is 20.3 Å². The molecular formula is C19H23N5O4S. The summed E-state index contributed by atoms with van der Waals surface area (Å²) in [5, 5.41) is 9.32. The van der Waals surface area contributed by atoms with Crippen LogP contribution in [0, 0.1) is 6.92 Å². The quantitative estimate of drug-likeness (QED) is 0.617. The van der Waals surface area contributed by atoms with Crippen molar-refractivity contribution in [1.29, 1.82) is 0 Å². The number of methoxy groups -OCH3 is 1. The van der Waals surface area contributed by atoms with Gasteiger partial charge in [-0.2, -0.15) is 0 Å². The van der Waals surface area contributed by atoms with Gasteiger partial charge in [-0.25, -0.2) is 0 Å². The standard InChI is InChI=1S/C19H23N5O4S/c1-12-17(29-23-22-12)19(27)21-10-9-20-18(26)14-7-8-16(25)24(14)11-13-5-3-4-6-15(13)28-2/h3-6,14H,7-11H2,1-2H3,(H,20,26)(H,21,27). The van der Waals surface area contributed by atoms with Crippen molar-refractivity contribution < 1.29 is 19.1 Å². The molecule has 2 N–H and O–H groups in total. The summed E-state index contributed by atoms with van der Waals surface area (Å²) in [7, 11) is 1.58. The monoisotopic (exact) mass is 417 g/mol. The van der Waals surface area contributed by atoms with Crippen LogP contribution in [0.15, 0.2) is 24.3 Å². The summed E-state index contributed by atoms with van der Waals surface area (Å²) < 4.78 is 9.07. The largest absolute Gasteiger partial charge is 0.496 e. The third kappa shape index (κ3) is 4.89. The molecule has 10 heteroatoms. The van der Waals surface area contributed by atoms with Crippen molar-refractivity contribution in [3.8, 4) is 5.75 Å². The number of nitrogens with zero attached hydrogens (tertiary/aromatic N) is 3. The van der Waals surface area contributed by atoms with E-state index in [0.717, 1.165) is 17.1 Å². The molecule has 3 rings (SSSR count). The second-order valence-corrected chi connectivity index (χ2v) is 7.38. The fourth-order valence-corrected chi connectivity index (χ4v) is 3.79. The fourth-order valence-electron chi connectivity index (χ4n) is 3.22. The first-order chi connectivity index (χ1) is 14.0. The average Bonchev–Trinajstić information content (AvgIpc) is 3.31. The van der Waals surface area contributed by atoms with Gasteiger partial charge in [-0.15, -0.1) is 5.10 Å². The highest BCUT2D eigenvalue weighted by molar-refractivity contribution is 7.08. The van der Waals surface area contributed by atoms with E-state index in [2.05, 4.69) is 20.2 Å². The molecule has 2 aromatic rings. The Bertz CT molecular complexity index is 900. The predicted molar refractivity (Wildman–Crippen MR) is 107 cm³/mol. The lowest BCUT2D eigenvalue weighted by Gasteiger charge is -2.25. The van der Waals surface area contributed by atoms with Crippen LogP contribution in [-0.2, 0) is 16.1 Å². The third-order valence-electron chi connectivity index (χ3n) is 4.73. The highest BCUT2D eigenvalue weighted by atomic mass is 32.1. The molecule has 1 aromatic heterocycles. The number of aryl methyl sites for hydroxylation is 1. The van der Waals surface area contributed by atoms with Crippen molar-refractivity contribution in [1.82, 2.24) is 25.1 Å². The number of benzene rings is 1. The van der Waals surface area contributed by atoms with E-state index in [-0.39, 0.29) is 30.8 Å². The molecule has 1 saturated heterocycles. The van der Waals surface area contributed by atoms with E-state index in [1.54, 1.807) is 18.9 Å². The van der Waals surface area contributed by atoms with Crippen molar-refractivity contribution in [2.45, 2.75) is 32.4 Å². The predicted octanol–water partition coefficient (Wildman–Crippen LogP) is 0.892. The van der Waals surface area contributed by atoms with Crippen molar-refractivity contribution >= 4 is 29.3 Å². The summed E-state index contributed by atoms with van der Waals surface area (Å²) >= 11 is 1.03. The van der Waals surface area contributed by atoms with E-state index in [1.807, 2.05) is 24.3 Å². The molecule has 154 valence electrons. The first-order valence-corrected chi connectivity index (χ1v) is 10.0. The van der Waals surface area contributed by atoms with Gasteiger partial charge in [0.1, 0.15) is 16.7 Å². The first-order valence-electron chi connectivity index (χ1n) is 9.27. The lowest BCUT2D eigenvalue weighted by atomic mass is 10.1. The molecule has 1 aliphatic heterocycles. The van der Waals surface area contributed by atoms with Gasteiger partial charge in [0.15, 0.2) is 0 Å². The number of hydrogen-bond donors (Lipinski definition) is 2. The zero-order valence-electron chi connectivity index (χ0n) is 16.3. The lowest BCUT2D eigenvalue weighted by Crippen LogP contribution is -2.46. The van der Waals surface area contributed by atoms with Crippen LogP contribution in [0.1, 0.15) is 33.8 Å². The fraction of sp³-hybridized carbons (Fsp3) is 0.421. The van der Waals surface area contributed by atoms with Gasteiger partial charge in [-0.05, 0) is 30.9 Å². The maximum absolute atomic E-state index is 12.6. The van der Waals surface area contributed by atoms with Crippen LogP contribution in [-0.4, -0.2) is 58.4 Å². The Labute approximate surface area is 172 Å². The molecule has 29 heavy (non-hydrogen) atoms. The van der Waals surface area contributed by atoms with Crippen LogP contribution in [0.25, 0.3) is 0 Å². The van der Waals surface area contributed by atoms with E-state index in [4.69, 9.17) is 4.74 Å². The molecule has 0 radical (unpaired) electrons. The molecule has 9 nitrogen and oxygen atoms in total. The second-order valence-electron chi connectivity index (χ2n) is 6.62. The van der Waals surface area contributed by atoms with Gasteiger partial charge >= 0.3 is 0 Å². The smallest absolute Gasteiger partial charge is 0.265 e. The van der Waals surface area contributed by atoms with Gasteiger partial charge in [0.25, 0.3) is 5.91 Å². The van der Waals surface area contributed by atoms with Crippen LogP contribution in [0.4, 0.5) is 0 Å². The Kier molecular flexibility index (Phi) is 6.76. The number of hydrogen-bond acceptors (Lipinski definition) is 7. The molecule has 0 aliphatic carbocycles. The van der Waals surface area contributed by atoms with Crippen molar-refractivity contribution in [2.24, 2.45) is 0 Å². The number of carbonyl (C=O) groups excluding carboxylic acids is 3. The molecule has 1 atom stereocenters. The van der Waals surface area contributed by atoms with Gasteiger partial charge in [0, 0.05) is 25.1 Å². The van der Waals surface area contributed by atoms with E-state index < -0.39 is 6.04 Å². The van der Waals surface area contributed by atoms with Crippen molar-refractivity contribution in [3.05, 3.63) is 40.4 Å². The number of ether oxygens (including phenoxy) is 1. The highest BCUT2D eigenvalue weighted by Crippen LogP contribution is 2.25. The molecule has 2 heterocycles. The topological polar surface area (TPSA) is 114 Å². The summed E-state index contributed by atoms with van der Waals surface area (Å²) in [6.07, 6.45) is 0.805. The van der Waals surface area contributed by atoms with Gasteiger partial charge in [0.05, 0.1) is 19.3 Å². The summed E-state index contributed by atoms with van der Waals surface area (Å²) in [5.41, 5.74) is 1.43. The minimum atomic E-state index is -0.531. The number of amides is 3. The number of para-hydroxylation sites is 1. The molecule has 3 amide bonds. The molecule has 0 bridgehead atoms. The Morgan fingerprint density at radius 2 is 2.03 bits per heavy atom. The summed E-state index contributed by atoms with van der Waals surface area (Å²) in [6.45, 7) is 2.57. The summed E-state index contributed by atoms with van der Waals surface area (Å²) in [4.78, 5) is 39.0. The molecule has 1 fully saturated rings. The van der Waals surface area contributed by atoms with E-state index in [1.165, 1.54) is 0 Å². The zero-order chi connectivity index (χ0) is 20.8. The normalized spacial score (nSPS) is 16.0. The number of nitrogens with one attached hydrogen (secondary N) is 2. The van der Waals surface area contributed by atoms with Crippen LogP contribution in [0.3, 0.4) is 0 Å². The summed E-state index contributed by atoms with van der Waals surface area (Å²) in [6, 6.07) is 6.91. The third-order valence-corrected chi connectivity index (χ3v) is 5.56. The molecular weight excluding hydrogens is 394 g/mol. The SMILES string of the molecule is COc1ccccc1CN1C(=O)CCC1C(=O)NCCNC(=O)c1snnc1C. The van der Waals surface area contributed by atoms with Gasteiger partial charge in [0.2, 0.25) is 11.8 Å². The Morgan fingerprint density at radius 3 is 2.76 bits per heavy atom. The molecule has 1 unspecified atom stereocenters. The Balaban J connectivity index is 1.52. The summed E-state index contributed by atoms with van der Waals surface area (Å²) in [5.74, 6) is 0.135. The van der Waals surface area contributed by atoms with Crippen LogP contribution < -0.4 is 15.4 Å². The first kappa shape index (κ1) is 20.7. The van der Waals surface area contributed by atoms with E-state index >= 15 is 0 Å². The van der Waals surface area contributed by atoms with Crippen LogP contribution in [0.5, 0.6) is 5.75 Å². The highest BCUT2D eigenvalue weighted by Gasteiger charge is 2.36. The number of rotatable bonds is 8. The number of aromatic nitrogens is 2. The van der Waals surface area contributed by atoms with Gasteiger partial charge in [-0.1, -0.05) is 22.7 Å². The number of carbonyl (C=O) groups is 3. The number of likely N-dealkylation sites (tertiary alicyclic amines) is 1. The molecule has 1 aromatic carbocycles. The van der Waals surface area contributed by atoms with Crippen molar-refractivity contribution in [3.63, 3.8) is 0 Å². The zero-order valence-corrected chi connectivity index (χ0v) is 17.1. The minimum absolute atomic E-state index is 0.0578. The second kappa shape index (κ2) is 9.46. The van der Waals surface area contributed by atoms with Crippen molar-refractivity contribution in [2.75, 3.05) is 20.2 Å². The van der Waals surface area contributed by atoms with Gasteiger partial charge in [-0.3, -0.25) is 14.4 Å². The van der Waals surface area contributed by atoms with E-state index in [9.17, 15) is 14.4 Å². The molecule has 0 spiro atoms. The van der Waals surface area contributed by atoms with Crippen LogP contribution >= 0.6 is 11.5 Å². The van der Waals surface area contributed by atoms with E-state index in [0.29, 0.717) is 35.7 Å². The maximum Gasteiger partial charge on any atom is 0.265 e. The average molecular weight is 417 g/mol. The Hall–Kier alpha value is -3.01. The molecule has 0 saturated carbocycles. The lowest BCUT2D eigenvalue weighted by molar-refractivity contribution is -0.135. The van der Waals surface area contributed by atoms with Crippen LogP contribution in [0.2, 0.25) is 0 Å². The Morgan fingerprint density at radius 1 is 1.28 bits per heavy atom. The minimum Gasteiger partial charge on any atom is -0.496 e. The molecule has 1 aliphatic rings. The maximum atomic E-state index is 12.6.